The van der Waals surface area contributed by atoms with Crippen LogP contribution in [0.25, 0.3) is 0 Å². The molecule has 0 unspecified atom stereocenters. The van der Waals surface area contributed by atoms with E-state index in [1.165, 1.54) is 0 Å². The highest BCUT2D eigenvalue weighted by molar-refractivity contribution is 6.02. The molecule has 0 fully saturated rings. The molecule has 0 spiro atoms. The zero-order valence-electron chi connectivity index (χ0n) is 12.8. The molecule has 0 bridgehead atoms. The van der Waals surface area contributed by atoms with Gasteiger partial charge in [0, 0.05) is 30.3 Å². The molecule has 0 aliphatic heterocycles. The van der Waals surface area contributed by atoms with Gasteiger partial charge in [-0.3, -0.25) is 14.4 Å². The predicted octanol–water partition coefficient (Wildman–Crippen LogP) is 1.93. The molecule has 21 heavy (non-hydrogen) atoms. The van der Waals surface area contributed by atoms with Crippen LogP contribution in [0.15, 0.2) is 12.2 Å². The Morgan fingerprint density at radius 2 is 1.24 bits per heavy atom. The number of hydrogen-bond acceptors (Lipinski definition) is 4. The van der Waals surface area contributed by atoms with Gasteiger partial charge in [-0.1, -0.05) is 34.3 Å². The van der Waals surface area contributed by atoms with E-state index in [2.05, 4.69) is 6.58 Å². The molecule has 0 rings (SSSR count). The van der Waals surface area contributed by atoms with E-state index in [1.807, 2.05) is 0 Å². The molecule has 2 N–H and O–H groups in total. The maximum absolute atomic E-state index is 11.9. The number of Topliss-reactive ketones (excluding diaryl/α,β-unsaturated/α-hetero) is 2. The van der Waals surface area contributed by atoms with Crippen molar-refractivity contribution < 1.29 is 29.4 Å². The molecule has 0 aliphatic rings. The topological polar surface area (TPSA) is 109 Å². The number of hydrogen-bond donors (Lipinski definition) is 2. The van der Waals surface area contributed by atoms with E-state index >= 15 is 0 Å². The van der Waals surface area contributed by atoms with Gasteiger partial charge in [-0.05, 0) is 0 Å². The van der Waals surface area contributed by atoms with E-state index < -0.39 is 59.2 Å². The van der Waals surface area contributed by atoms with Gasteiger partial charge in [-0.2, -0.15) is 0 Å². The predicted molar refractivity (Wildman–Crippen MR) is 75.8 cm³/mol. The van der Waals surface area contributed by atoms with Crippen LogP contribution in [-0.2, 0) is 19.2 Å². The lowest BCUT2D eigenvalue weighted by Crippen LogP contribution is -2.41. The molecule has 0 saturated heterocycles. The zero-order valence-corrected chi connectivity index (χ0v) is 12.8. The first kappa shape index (κ1) is 19.0. The van der Waals surface area contributed by atoms with Crippen molar-refractivity contribution in [1.82, 2.24) is 0 Å². The van der Waals surface area contributed by atoms with Crippen molar-refractivity contribution in [3.63, 3.8) is 0 Å². The van der Waals surface area contributed by atoms with Gasteiger partial charge in [0.05, 0.1) is 0 Å². The van der Waals surface area contributed by atoms with Crippen LogP contribution in [0, 0.1) is 17.3 Å². The van der Waals surface area contributed by atoms with E-state index in [4.69, 9.17) is 5.11 Å². The van der Waals surface area contributed by atoms with Gasteiger partial charge >= 0.3 is 11.9 Å². The van der Waals surface area contributed by atoms with Gasteiger partial charge in [0.2, 0.25) is 0 Å². The van der Waals surface area contributed by atoms with E-state index in [9.17, 15) is 24.3 Å². The van der Waals surface area contributed by atoms with Crippen LogP contribution in [-0.4, -0.2) is 33.7 Å². The largest absolute Gasteiger partial charge is 0.481 e. The Hall–Kier alpha value is -1.98. The second-order valence-corrected chi connectivity index (χ2v) is 5.77. The summed E-state index contributed by atoms with van der Waals surface area (Å²) in [6.07, 6.45) is -1.10. The normalized spacial score (nSPS) is 11.5. The Kier molecular flexibility index (Phi) is 6.48. The summed E-state index contributed by atoms with van der Waals surface area (Å²) in [6.45, 7) is 9.63. The van der Waals surface area contributed by atoms with Gasteiger partial charge in [0.1, 0.15) is 17.0 Å². The molecule has 0 heterocycles. The highest BCUT2D eigenvalue weighted by Gasteiger charge is 2.48. The van der Waals surface area contributed by atoms with E-state index in [-0.39, 0.29) is 0 Å². The Morgan fingerprint density at radius 1 is 0.905 bits per heavy atom. The highest BCUT2D eigenvalue weighted by atomic mass is 16.4. The summed E-state index contributed by atoms with van der Waals surface area (Å²) in [7, 11) is 0. The van der Waals surface area contributed by atoms with Crippen LogP contribution in [0.3, 0.4) is 0 Å². The summed E-state index contributed by atoms with van der Waals surface area (Å²) < 4.78 is 0. The summed E-state index contributed by atoms with van der Waals surface area (Å²) in [4.78, 5) is 46.7. The first-order valence-corrected chi connectivity index (χ1v) is 6.67. The van der Waals surface area contributed by atoms with Gasteiger partial charge in [-0.15, -0.1) is 0 Å². The molecule has 0 aromatic carbocycles. The maximum atomic E-state index is 11.9. The molecule has 0 radical (unpaired) electrons. The number of carbonyl (C=O) groups is 4. The lowest BCUT2D eigenvalue weighted by molar-refractivity contribution is -0.154. The Morgan fingerprint density at radius 3 is 1.43 bits per heavy atom. The second kappa shape index (κ2) is 7.15. The fraction of sp³-hybridized carbons (Fsp3) is 0.600. The number of aliphatic carboxylic acids is 2. The minimum absolute atomic E-state index is 0.420. The Balaban J connectivity index is 5.83. The third kappa shape index (κ3) is 4.51. The monoisotopic (exact) mass is 298 g/mol. The number of ketones is 2. The summed E-state index contributed by atoms with van der Waals surface area (Å²) in [6, 6.07) is 0. The number of rotatable bonds is 9. The summed E-state index contributed by atoms with van der Waals surface area (Å²) in [5.41, 5.74) is -2.73. The van der Waals surface area contributed by atoms with Crippen molar-refractivity contribution in [3.8, 4) is 0 Å². The minimum Gasteiger partial charge on any atom is -0.481 e. The summed E-state index contributed by atoms with van der Waals surface area (Å²) >= 11 is 0. The van der Waals surface area contributed by atoms with Crippen LogP contribution in [0.2, 0.25) is 0 Å². The zero-order chi connectivity index (χ0) is 17.0. The summed E-state index contributed by atoms with van der Waals surface area (Å²) in [5, 5.41) is 18.6. The molecule has 0 atom stereocenters. The van der Waals surface area contributed by atoms with Crippen LogP contribution in [0.4, 0.5) is 0 Å². The molecule has 6 heteroatoms. The second-order valence-electron chi connectivity index (χ2n) is 5.77. The quantitative estimate of drug-likeness (QED) is 0.629. The summed E-state index contributed by atoms with van der Waals surface area (Å²) in [5.74, 6) is -4.80. The molecular formula is C15H22O6. The van der Waals surface area contributed by atoms with Gasteiger partial charge < -0.3 is 10.2 Å². The molecule has 0 aromatic rings. The minimum atomic E-state index is -2.09. The van der Waals surface area contributed by atoms with Crippen LogP contribution < -0.4 is 0 Å². The van der Waals surface area contributed by atoms with Crippen molar-refractivity contribution in [2.24, 2.45) is 17.3 Å². The smallest absolute Gasteiger partial charge is 0.332 e. The van der Waals surface area contributed by atoms with Crippen molar-refractivity contribution in [2.45, 2.75) is 40.5 Å². The first-order valence-electron chi connectivity index (χ1n) is 6.67. The van der Waals surface area contributed by atoms with Gasteiger partial charge in [0.25, 0.3) is 0 Å². The number of carboxylic acid groups (broad SMARTS) is 2. The van der Waals surface area contributed by atoms with Crippen molar-refractivity contribution in [2.75, 3.05) is 0 Å². The average Bonchev–Trinajstić information content (AvgIpc) is 2.35. The number of carbonyl (C=O) groups excluding carboxylic acids is 2. The molecule has 0 saturated carbocycles. The fourth-order valence-corrected chi connectivity index (χ4v) is 1.76. The van der Waals surface area contributed by atoms with Crippen molar-refractivity contribution in [3.05, 3.63) is 12.2 Å². The van der Waals surface area contributed by atoms with Crippen LogP contribution >= 0.6 is 0 Å². The lowest BCUT2D eigenvalue weighted by atomic mass is 9.70. The maximum Gasteiger partial charge on any atom is 0.332 e. The fourth-order valence-electron chi connectivity index (χ4n) is 1.76. The van der Waals surface area contributed by atoms with Crippen LogP contribution in [0.1, 0.15) is 40.5 Å². The van der Waals surface area contributed by atoms with Gasteiger partial charge in [0.15, 0.2) is 0 Å². The van der Waals surface area contributed by atoms with E-state index in [1.54, 1.807) is 27.7 Å². The number of carboxylic acids is 2. The average molecular weight is 298 g/mol. The molecule has 0 aliphatic carbocycles. The molecule has 6 nitrogen and oxygen atoms in total. The van der Waals surface area contributed by atoms with Crippen molar-refractivity contribution >= 4 is 23.5 Å². The lowest BCUT2D eigenvalue weighted by Gasteiger charge is -2.29. The SMILES string of the molecule is C=C(C(=O)O)C(CC(=O)C(C)C)(CC(=O)C(C)C)C(=O)O. The molecular weight excluding hydrogens is 276 g/mol. The van der Waals surface area contributed by atoms with Crippen molar-refractivity contribution in [1.29, 1.82) is 0 Å². The first-order chi connectivity index (χ1) is 9.45. The standard InChI is InChI=1S/C15H22O6/c1-8(2)11(16)6-15(14(20)21,10(5)13(18)19)7-12(17)9(3)4/h8-9H,5-7H2,1-4H3,(H,18,19)(H,20,21). The molecule has 0 aromatic heterocycles. The molecule has 118 valence electrons. The Labute approximate surface area is 123 Å². The third-order valence-corrected chi connectivity index (χ3v) is 3.49. The Bertz CT molecular complexity index is 451. The van der Waals surface area contributed by atoms with Gasteiger partial charge in [-0.25, -0.2) is 4.79 Å². The molecule has 0 amide bonds. The van der Waals surface area contributed by atoms with E-state index in [0.717, 1.165) is 0 Å². The highest BCUT2D eigenvalue weighted by Crippen LogP contribution is 2.37. The van der Waals surface area contributed by atoms with Crippen LogP contribution in [0.5, 0.6) is 0 Å². The van der Waals surface area contributed by atoms with E-state index in [0.29, 0.717) is 0 Å². The third-order valence-electron chi connectivity index (χ3n) is 3.49.